The van der Waals surface area contributed by atoms with Crippen LogP contribution in [0.5, 0.6) is 5.75 Å². The number of phenols is 1. The SMILES string of the molecule is C.CC(=O)OCC1OC(O)C(NC(=O)c2ccccc2)C(OC(C)=O)C1OC(C)=O.CC(=O)OCC1OC(OC(C)=O)C(NC(=O)c2ccccc2)C(OC(C)=O)C1OC(C)=O.CC(=O)OCC1OC(OC(C)=O)C(NC(=O)c2ccccc2O)C(OC(C)=O)C1OC(C)=O.CC(=O)OCC1OC(OC(C)=O)[C@@H](NC(=O)c2ccccc2)[C@@H](OC(C)=O)[C@H]1OC(C)=O. The molecule has 4 amide bonds. The minimum absolute atomic E-state index is 0. The van der Waals surface area contributed by atoms with Gasteiger partial charge in [-0.05, 0) is 48.5 Å². The Morgan fingerprint density at radius 1 is 0.260 bits per heavy atom. The molecule has 44 heteroatoms. The summed E-state index contributed by atoms with van der Waals surface area (Å²) in [5.74, 6) is -13.7. The molecule has 8 rings (SSSR count). The number of aliphatic hydroxyl groups is 1. The van der Waals surface area contributed by atoms with Gasteiger partial charge in [0.2, 0.25) is 18.9 Å². The van der Waals surface area contributed by atoms with Gasteiger partial charge >= 0.3 is 89.5 Å². The van der Waals surface area contributed by atoms with Crippen molar-refractivity contribution in [2.24, 2.45) is 0 Å². The van der Waals surface area contributed by atoms with Crippen LogP contribution in [0.1, 0.15) is 153 Å². The smallest absolute Gasteiger partial charge is 0.305 e. The topological polar surface area (TPSA) is 588 Å². The molecule has 127 heavy (non-hydrogen) atoms. The van der Waals surface area contributed by atoms with Gasteiger partial charge in [-0.3, -0.25) is 91.1 Å². The lowest BCUT2D eigenvalue weighted by Gasteiger charge is -2.44. The highest BCUT2D eigenvalue weighted by Crippen LogP contribution is 2.34. The van der Waals surface area contributed by atoms with Gasteiger partial charge in [-0.15, -0.1) is 0 Å². The van der Waals surface area contributed by atoms with Gasteiger partial charge in [0.05, 0.1) is 5.56 Å². The molecule has 4 aromatic rings. The van der Waals surface area contributed by atoms with Crippen LogP contribution in [-0.2, 0) is 162 Å². The second kappa shape index (κ2) is 51.6. The number of carbonyl (C=O) groups is 19. The summed E-state index contributed by atoms with van der Waals surface area (Å²) in [5.41, 5.74) is 0.738. The largest absolute Gasteiger partial charge is 0.507 e. The third-order valence-electron chi connectivity index (χ3n) is 17.1. The maximum atomic E-state index is 12.8. The minimum atomic E-state index is -1.63. The lowest BCUT2D eigenvalue weighted by atomic mass is 9.95. The molecule has 4 aromatic carbocycles. The molecule has 4 aliphatic heterocycles. The van der Waals surface area contributed by atoms with Crippen molar-refractivity contribution in [3.8, 4) is 5.75 Å². The normalized spacial score (nSPS) is 24.6. The Morgan fingerprint density at radius 3 is 0.701 bits per heavy atom. The van der Waals surface area contributed by atoms with Gasteiger partial charge in [0.15, 0.2) is 55.1 Å². The van der Waals surface area contributed by atoms with E-state index in [0.29, 0.717) is 5.56 Å². The van der Waals surface area contributed by atoms with Crippen molar-refractivity contribution < 1.29 is 191 Å². The molecule has 0 bridgehead atoms. The third-order valence-corrected chi connectivity index (χ3v) is 17.1. The van der Waals surface area contributed by atoms with Gasteiger partial charge in [0.1, 0.15) is 80.8 Å². The van der Waals surface area contributed by atoms with Gasteiger partial charge in [0.25, 0.3) is 23.6 Å². The molecule has 0 radical (unpaired) electrons. The first-order valence-electron chi connectivity index (χ1n) is 38.2. The number of rotatable bonds is 27. The highest BCUT2D eigenvalue weighted by atomic mass is 16.8. The number of benzene rings is 4. The van der Waals surface area contributed by atoms with E-state index in [9.17, 15) is 101 Å². The van der Waals surface area contributed by atoms with Crippen molar-refractivity contribution in [1.82, 2.24) is 21.3 Å². The van der Waals surface area contributed by atoms with Gasteiger partial charge in [-0.1, -0.05) is 74.2 Å². The van der Waals surface area contributed by atoms with E-state index in [1.54, 1.807) is 91.0 Å². The van der Waals surface area contributed by atoms with Gasteiger partial charge < -0.3 is 121 Å². The predicted octanol–water partition coefficient (Wildman–Crippen LogP) is 1.77. The van der Waals surface area contributed by atoms with E-state index < -0.39 is 242 Å². The molecule has 0 spiro atoms. The first-order chi connectivity index (χ1) is 59.3. The highest BCUT2D eigenvalue weighted by molar-refractivity contribution is 5.98. The van der Waals surface area contributed by atoms with Crippen molar-refractivity contribution in [3.63, 3.8) is 0 Å². The number of hydrogen-bond donors (Lipinski definition) is 6. The van der Waals surface area contributed by atoms with E-state index in [2.05, 4.69) is 21.3 Å². The molecule has 4 fully saturated rings. The molecule has 0 saturated carbocycles. The van der Waals surface area contributed by atoms with Gasteiger partial charge in [-0.2, -0.15) is 0 Å². The third kappa shape index (κ3) is 35.2. The van der Waals surface area contributed by atoms with Crippen LogP contribution >= 0.6 is 0 Å². The highest BCUT2D eigenvalue weighted by Gasteiger charge is 2.57. The molecule has 6 N–H and O–H groups in total. The Labute approximate surface area is 726 Å². The second-order valence-electron chi connectivity index (χ2n) is 27.4. The van der Waals surface area contributed by atoms with Crippen LogP contribution in [-0.4, -0.2) is 272 Å². The van der Waals surface area contributed by atoms with Gasteiger partial charge in [-0.25, -0.2) is 0 Å². The Balaban J connectivity index is 0.000000354. The summed E-state index contributed by atoms with van der Waals surface area (Å²) in [6, 6.07) is 24.9. The number of aliphatic hydroxyl groups excluding tert-OH is 1. The second-order valence-corrected chi connectivity index (χ2v) is 27.4. The van der Waals surface area contributed by atoms with E-state index in [1.165, 1.54) is 45.0 Å². The molecule has 44 nitrogen and oxygen atoms in total. The van der Waals surface area contributed by atoms with Crippen LogP contribution in [0.15, 0.2) is 115 Å². The molecule has 17 unspecified atom stereocenters. The van der Waals surface area contributed by atoms with Crippen molar-refractivity contribution in [2.75, 3.05) is 26.4 Å². The maximum Gasteiger partial charge on any atom is 0.305 e. The molecule has 694 valence electrons. The predicted molar refractivity (Wildman–Crippen MR) is 422 cm³/mol. The quantitative estimate of drug-likeness (QED) is 0.0366. The zero-order valence-corrected chi connectivity index (χ0v) is 70.8. The average Bonchev–Trinajstić information content (AvgIpc) is 0.804. The average molecular weight is 1800 g/mol. The molecular weight excluding hydrogens is 1690 g/mol. The zero-order chi connectivity index (χ0) is 93.9. The van der Waals surface area contributed by atoms with Crippen molar-refractivity contribution >= 4 is 113 Å². The molecular formula is C83H102N4O40. The first kappa shape index (κ1) is 106. The number of para-hydroxylation sites is 1. The summed E-state index contributed by atoms with van der Waals surface area (Å²) in [7, 11) is 0. The lowest BCUT2D eigenvalue weighted by Crippen LogP contribution is -2.67. The molecule has 20 atom stereocenters. The van der Waals surface area contributed by atoms with Crippen LogP contribution in [0.4, 0.5) is 0 Å². The molecule has 0 aliphatic carbocycles. The molecule has 4 saturated heterocycles. The minimum Gasteiger partial charge on any atom is -0.507 e. The van der Waals surface area contributed by atoms with Crippen LogP contribution in [0.25, 0.3) is 0 Å². The number of aromatic hydroxyl groups is 1. The summed E-state index contributed by atoms with van der Waals surface area (Å²) in [5, 5.41) is 30.7. The monoisotopic (exact) mass is 1790 g/mol. The van der Waals surface area contributed by atoms with E-state index in [-0.39, 0.29) is 49.7 Å². The number of ether oxygens (including phenoxy) is 19. The number of phenolic OH excluding ortho intramolecular Hbond substituents is 1. The number of nitrogens with one attached hydrogen (secondary N) is 4. The first-order valence-corrected chi connectivity index (χ1v) is 38.2. The van der Waals surface area contributed by atoms with Gasteiger partial charge in [0, 0.05) is 121 Å². The molecule has 4 heterocycles. The summed E-state index contributed by atoms with van der Waals surface area (Å²) < 4.78 is 100. The Kier molecular flexibility index (Phi) is 43.0. The van der Waals surface area contributed by atoms with Crippen molar-refractivity contribution in [3.05, 3.63) is 138 Å². The fourth-order valence-electron chi connectivity index (χ4n) is 12.4. The van der Waals surface area contributed by atoms with Crippen molar-refractivity contribution in [1.29, 1.82) is 0 Å². The number of carbonyl (C=O) groups excluding carboxylic acids is 19. The zero-order valence-electron chi connectivity index (χ0n) is 70.8. The summed E-state index contributed by atoms with van der Waals surface area (Å²) >= 11 is 0. The van der Waals surface area contributed by atoms with Crippen LogP contribution in [0.2, 0.25) is 0 Å². The lowest BCUT2D eigenvalue weighted by molar-refractivity contribution is -0.270. The van der Waals surface area contributed by atoms with Crippen molar-refractivity contribution in [2.45, 2.75) is 234 Å². The Morgan fingerprint density at radius 2 is 0.465 bits per heavy atom. The van der Waals surface area contributed by atoms with Crippen LogP contribution in [0.3, 0.4) is 0 Å². The van der Waals surface area contributed by atoms with E-state index >= 15 is 0 Å². The molecule has 4 aliphatic rings. The van der Waals surface area contributed by atoms with E-state index in [0.717, 1.165) is 83.1 Å². The Bertz CT molecular complexity index is 4350. The maximum absolute atomic E-state index is 12.8. The fraction of sp³-hybridized carbons (Fsp3) is 0.482. The standard InChI is InChI=1S/C21H25NO11.2C21H25NO10.C19H23NO9.CH4/c1-10(23)29-9-16-18(30-11(2)24)19(31-12(3)25)17(21(33-16)32-13(4)26)22-20(28)14-7-5-6-8-15(14)27;2*1-11(23)28-10-16-18(29-12(2)24)19(30-13(3)25)17(21(32-16)31-14(4)26)22-20(27)15-8-6-5-7-9-15;1-10(21)26-9-14-16(27-11(2)22)17(28-12(3)23)15(19(25)29-14)20-18(24)13-7-5-4-6-8-13;/h5-8,16-19,21,27H,9H2,1-4H3,(H,22,28);2*5-9,16-19,21H,10H2,1-4H3,(H,22,27);4-8,14-17,19,25H,9H2,1-3H3,(H,20,24);1H4/t;16?,17-,18-,19+,21?;;;/m.0.../s1. The molecule has 0 aromatic heterocycles. The summed E-state index contributed by atoms with van der Waals surface area (Å²) in [6.45, 7) is 15.4. The number of amides is 4. The summed E-state index contributed by atoms with van der Waals surface area (Å²) in [4.78, 5) is 225. The Hall–Kier alpha value is -13.6. The van der Waals surface area contributed by atoms with Crippen LogP contribution < -0.4 is 21.3 Å². The van der Waals surface area contributed by atoms with Crippen LogP contribution in [0, 0.1) is 0 Å². The van der Waals surface area contributed by atoms with E-state index in [1.807, 2.05) is 0 Å². The number of hydrogen-bond acceptors (Lipinski definition) is 40. The fourth-order valence-corrected chi connectivity index (χ4v) is 12.4. The number of esters is 15. The summed E-state index contributed by atoms with van der Waals surface area (Å²) in [6.07, 6.45) is -21.1. The van der Waals surface area contributed by atoms with E-state index in [4.69, 9.17) is 90.0 Å².